The molecule has 4 heterocycles. The molecule has 0 N–H and O–H groups in total. The maximum atomic E-state index is 13.4. The first-order chi connectivity index (χ1) is 13.7. The van der Waals surface area contributed by atoms with Crippen LogP contribution < -0.4 is 0 Å². The molecule has 1 saturated heterocycles. The minimum absolute atomic E-state index is 0.163. The smallest absolute Gasteiger partial charge is 0.223 e. The van der Waals surface area contributed by atoms with Crippen LogP contribution in [0.25, 0.3) is 0 Å². The summed E-state index contributed by atoms with van der Waals surface area (Å²) in [5.41, 5.74) is 3.46. The molecule has 158 valence electrons. The molecule has 1 atom stereocenters. The Labute approximate surface area is 173 Å². The van der Waals surface area contributed by atoms with Crippen LogP contribution in [0.4, 0.5) is 0 Å². The second kappa shape index (κ2) is 7.27. The summed E-state index contributed by atoms with van der Waals surface area (Å²) in [6.07, 6.45) is 9.04. The molecule has 2 aromatic heterocycles. The zero-order valence-electron chi connectivity index (χ0n) is 18.5. The lowest BCUT2D eigenvalue weighted by atomic mass is 9.84. The number of imidazole rings is 2. The molecule has 0 bridgehead atoms. The summed E-state index contributed by atoms with van der Waals surface area (Å²) in [4.78, 5) is 27.0. The molecular weight excluding hydrogens is 364 g/mol. The standard InChI is InChI=1S/C22H34N6O/c1-21(2,3)8-6-19(29)28-10-7-18-20(24-16-26(18)5)22(28)9-11-27(14-22)13-17-12-23-15-25(17)4/h12,15-16H,6-11,13-14H2,1-5H3. The second-order valence-electron chi connectivity index (χ2n) is 9.99. The van der Waals surface area contributed by atoms with E-state index in [4.69, 9.17) is 4.98 Å². The van der Waals surface area contributed by atoms with Crippen molar-refractivity contribution in [2.75, 3.05) is 19.6 Å². The molecular formula is C22H34N6O. The van der Waals surface area contributed by atoms with Crippen LogP contribution in [-0.2, 0) is 37.4 Å². The summed E-state index contributed by atoms with van der Waals surface area (Å²) < 4.78 is 4.21. The number of amides is 1. The molecule has 2 aliphatic heterocycles. The van der Waals surface area contributed by atoms with E-state index in [1.165, 1.54) is 11.4 Å². The summed E-state index contributed by atoms with van der Waals surface area (Å²) in [7, 11) is 4.10. The molecule has 0 saturated carbocycles. The zero-order chi connectivity index (χ0) is 20.8. The van der Waals surface area contributed by atoms with Gasteiger partial charge in [-0.05, 0) is 18.3 Å². The summed E-state index contributed by atoms with van der Waals surface area (Å²) in [5.74, 6) is 0.276. The normalized spacial score (nSPS) is 22.4. The van der Waals surface area contributed by atoms with E-state index in [-0.39, 0.29) is 16.9 Å². The van der Waals surface area contributed by atoms with Gasteiger partial charge in [0, 0.05) is 65.0 Å². The number of carbonyl (C=O) groups excluding carboxylic acids is 1. The van der Waals surface area contributed by atoms with Crippen molar-refractivity contribution >= 4 is 5.91 Å². The number of hydrogen-bond acceptors (Lipinski definition) is 4. The van der Waals surface area contributed by atoms with E-state index in [2.05, 4.69) is 51.7 Å². The first-order valence-corrected chi connectivity index (χ1v) is 10.7. The molecule has 2 aliphatic rings. The topological polar surface area (TPSA) is 59.2 Å². The lowest BCUT2D eigenvalue weighted by Crippen LogP contribution is -2.55. The molecule has 2 aromatic rings. The van der Waals surface area contributed by atoms with Crippen molar-refractivity contribution in [3.05, 3.63) is 35.9 Å². The van der Waals surface area contributed by atoms with Gasteiger partial charge in [0.1, 0.15) is 5.54 Å². The zero-order valence-corrected chi connectivity index (χ0v) is 18.5. The Morgan fingerprint density at radius 2 is 1.97 bits per heavy atom. The third-order valence-electron chi connectivity index (χ3n) is 6.61. The maximum Gasteiger partial charge on any atom is 0.223 e. The number of hydrogen-bond donors (Lipinski definition) is 0. The average molecular weight is 399 g/mol. The average Bonchev–Trinajstić information content (AvgIpc) is 3.35. The van der Waals surface area contributed by atoms with Crippen molar-refractivity contribution in [2.24, 2.45) is 19.5 Å². The molecule has 1 amide bonds. The molecule has 0 aliphatic carbocycles. The summed E-state index contributed by atoms with van der Waals surface area (Å²) in [6.45, 7) is 10.0. The van der Waals surface area contributed by atoms with Gasteiger partial charge in [-0.3, -0.25) is 9.69 Å². The third kappa shape index (κ3) is 3.72. The highest BCUT2D eigenvalue weighted by Crippen LogP contribution is 2.43. The molecule has 7 nitrogen and oxygen atoms in total. The molecule has 0 radical (unpaired) electrons. The van der Waals surface area contributed by atoms with Crippen LogP contribution in [-0.4, -0.2) is 54.4 Å². The predicted octanol–water partition coefficient (Wildman–Crippen LogP) is 2.47. The van der Waals surface area contributed by atoms with Crippen LogP contribution in [0.2, 0.25) is 0 Å². The Morgan fingerprint density at radius 1 is 1.17 bits per heavy atom. The number of carbonyl (C=O) groups is 1. The molecule has 4 rings (SSSR count). The number of aromatic nitrogens is 4. The van der Waals surface area contributed by atoms with E-state index in [0.717, 1.165) is 51.1 Å². The highest BCUT2D eigenvalue weighted by Gasteiger charge is 2.51. The Kier molecular flexibility index (Phi) is 5.05. The lowest BCUT2D eigenvalue weighted by Gasteiger charge is -2.44. The predicted molar refractivity (Wildman–Crippen MR) is 112 cm³/mol. The van der Waals surface area contributed by atoms with Crippen molar-refractivity contribution < 1.29 is 4.79 Å². The highest BCUT2D eigenvalue weighted by atomic mass is 16.2. The van der Waals surface area contributed by atoms with Crippen molar-refractivity contribution in [2.45, 2.75) is 58.5 Å². The summed E-state index contributed by atoms with van der Waals surface area (Å²) >= 11 is 0. The van der Waals surface area contributed by atoms with Crippen LogP contribution in [0.3, 0.4) is 0 Å². The largest absolute Gasteiger partial charge is 0.337 e. The summed E-state index contributed by atoms with van der Waals surface area (Å²) in [5, 5.41) is 0. The Balaban J connectivity index is 1.61. The lowest BCUT2D eigenvalue weighted by molar-refractivity contribution is -0.139. The molecule has 7 heteroatoms. The van der Waals surface area contributed by atoms with Crippen molar-refractivity contribution in [3.63, 3.8) is 0 Å². The number of aryl methyl sites for hydroxylation is 2. The Bertz CT molecular complexity index is 891. The fourth-order valence-electron chi connectivity index (χ4n) is 4.86. The molecule has 0 aromatic carbocycles. The highest BCUT2D eigenvalue weighted by molar-refractivity contribution is 5.78. The number of likely N-dealkylation sites (tertiary alicyclic amines) is 1. The monoisotopic (exact) mass is 398 g/mol. The molecule has 1 spiro atoms. The number of nitrogens with zero attached hydrogens (tertiary/aromatic N) is 6. The van der Waals surface area contributed by atoms with Gasteiger partial charge in [0.15, 0.2) is 0 Å². The van der Waals surface area contributed by atoms with Gasteiger partial charge in [-0.25, -0.2) is 9.97 Å². The van der Waals surface area contributed by atoms with Gasteiger partial charge >= 0.3 is 0 Å². The van der Waals surface area contributed by atoms with E-state index >= 15 is 0 Å². The first-order valence-electron chi connectivity index (χ1n) is 10.7. The minimum atomic E-state index is -0.303. The van der Waals surface area contributed by atoms with Crippen LogP contribution in [0.15, 0.2) is 18.9 Å². The van der Waals surface area contributed by atoms with Gasteiger partial charge in [0.2, 0.25) is 5.91 Å². The summed E-state index contributed by atoms with van der Waals surface area (Å²) in [6, 6.07) is 0. The van der Waals surface area contributed by atoms with Crippen molar-refractivity contribution in [3.8, 4) is 0 Å². The first kappa shape index (κ1) is 20.1. The number of rotatable bonds is 4. The quantitative estimate of drug-likeness (QED) is 0.794. The van der Waals surface area contributed by atoms with E-state index in [1.54, 1.807) is 0 Å². The van der Waals surface area contributed by atoms with E-state index in [9.17, 15) is 4.79 Å². The molecule has 1 unspecified atom stereocenters. The third-order valence-corrected chi connectivity index (χ3v) is 6.61. The van der Waals surface area contributed by atoms with E-state index in [0.29, 0.717) is 6.42 Å². The van der Waals surface area contributed by atoms with Gasteiger partial charge < -0.3 is 14.0 Å². The van der Waals surface area contributed by atoms with Crippen LogP contribution in [0, 0.1) is 5.41 Å². The fraction of sp³-hybridized carbons (Fsp3) is 0.682. The fourth-order valence-corrected chi connectivity index (χ4v) is 4.86. The Morgan fingerprint density at radius 3 is 2.66 bits per heavy atom. The SMILES string of the molecule is Cn1cncc1CN1CCC2(C1)c1ncn(C)c1CCN2C(=O)CCC(C)(C)C. The van der Waals surface area contributed by atoms with Gasteiger partial charge in [-0.1, -0.05) is 20.8 Å². The van der Waals surface area contributed by atoms with Gasteiger partial charge in [-0.15, -0.1) is 0 Å². The van der Waals surface area contributed by atoms with Gasteiger partial charge in [0.25, 0.3) is 0 Å². The maximum absolute atomic E-state index is 13.4. The van der Waals surface area contributed by atoms with Crippen LogP contribution in [0.5, 0.6) is 0 Å². The Hall–Kier alpha value is -2.15. The van der Waals surface area contributed by atoms with Gasteiger partial charge in [0.05, 0.1) is 24.0 Å². The van der Waals surface area contributed by atoms with Gasteiger partial charge in [-0.2, -0.15) is 0 Å². The second-order valence-corrected chi connectivity index (χ2v) is 9.99. The van der Waals surface area contributed by atoms with Crippen LogP contribution >= 0.6 is 0 Å². The van der Waals surface area contributed by atoms with Crippen molar-refractivity contribution in [1.82, 2.24) is 28.9 Å². The van der Waals surface area contributed by atoms with E-state index in [1.807, 2.05) is 25.9 Å². The minimum Gasteiger partial charge on any atom is -0.337 e. The van der Waals surface area contributed by atoms with Crippen LogP contribution in [0.1, 0.15) is 57.1 Å². The van der Waals surface area contributed by atoms with Crippen molar-refractivity contribution in [1.29, 1.82) is 0 Å². The molecule has 1 fully saturated rings. The molecule has 29 heavy (non-hydrogen) atoms. The van der Waals surface area contributed by atoms with E-state index < -0.39 is 0 Å². The number of fused-ring (bicyclic) bond motifs is 2.